The molecule has 5 nitrogen and oxygen atoms in total. The molecule has 0 aliphatic heterocycles. The summed E-state index contributed by atoms with van der Waals surface area (Å²) in [6, 6.07) is 18.5. The van der Waals surface area contributed by atoms with Crippen LogP contribution in [0.25, 0.3) is 16.4 Å². The molecule has 0 amide bonds. The van der Waals surface area contributed by atoms with Crippen LogP contribution >= 0.6 is 23.3 Å². The van der Waals surface area contributed by atoms with Gasteiger partial charge in [0.1, 0.15) is 5.69 Å². The molecule has 30 heavy (non-hydrogen) atoms. The number of hydrogen-bond acceptors (Lipinski definition) is 6. The van der Waals surface area contributed by atoms with E-state index in [1.54, 1.807) is 5.38 Å². The molecular weight excluding hydrogens is 412 g/mol. The molecule has 2 N–H and O–H groups in total. The van der Waals surface area contributed by atoms with E-state index in [-0.39, 0.29) is 5.92 Å². The maximum absolute atomic E-state index is 11.2. The molecule has 0 saturated carbocycles. The molecule has 152 valence electrons. The molecule has 0 unspecified atom stereocenters. The molecule has 2 heterocycles. The van der Waals surface area contributed by atoms with E-state index < -0.39 is 0 Å². The van der Waals surface area contributed by atoms with Crippen LogP contribution in [0.2, 0.25) is 0 Å². The van der Waals surface area contributed by atoms with Gasteiger partial charge in [-0.2, -0.15) is 5.10 Å². The van der Waals surface area contributed by atoms with Crippen molar-refractivity contribution < 1.29 is 4.79 Å². The molecule has 0 radical (unpaired) electrons. The highest BCUT2D eigenvalue weighted by molar-refractivity contribution is 7.97. The van der Waals surface area contributed by atoms with Gasteiger partial charge in [-0.25, -0.2) is 9.67 Å². The van der Waals surface area contributed by atoms with Crippen LogP contribution in [0, 0.1) is 0 Å². The number of hydrogen-bond donors (Lipinski definition) is 1. The first-order valence-corrected chi connectivity index (χ1v) is 11.4. The van der Waals surface area contributed by atoms with Crippen LogP contribution in [-0.4, -0.2) is 21.1 Å². The minimum atomic E-state index is 0.244. The Morgan fingerprint density at radius 2 is 1.87 bits per heavy atom. The van der Waals surface area contributed by atoms with Gasteiger partial charge in [0.15, 0.2) is 6.29 Å². The summed E-state index contributed by atoms with van der Waals surface area (Å²) in [4.78, 5) is 16.7. The number of nitrogens with two attached hydrogens (primary N) is 1. The number of carbonyl (C=O) groups is 1. The smallest absolute Gasteiger partial charge is 0.211 e. The van der Waals surface area contributed by atoms with Crippen LogP contribution in [0.15, 0.2) is 64.9 Å². The molecular formula is C23H22N4OS2. The molecule has 7 heteroatoms. The number of benzene rings is 2. The van der Waals surface area contributed by atoms with Crippen molar-refractivity contribution in [2.24, 2.45) is 5.14 Å². The predicted octanol–water partition coefficient (Wildman–Crippen LogP) is 5.49. The number of nitrogens with zero attached hydrogens (tertiary/aromatic N) is 3. The molecule has 2 aromatic carbocycles. The normalized spacial score (nSPS) is 11.2. The lowest BCUT2D eigenvalue weighted by Crippen LogP contribution is -2.00. The summed E-state index contributed by atoms with van der Waals surface area (Å²) in [5.74, 6) is 0.244. The first-order valence-electron chi connectivity index (χ1n) is 9.64. The zero-order valence-corrected chi connectivity index (χ0v) is 18.4. The highest BCUT2D eigenvalue weighted by Crippen LogP contribution is 2.35. The van der Waals surface area contributed by atoms with E-state index >= 15 is 0 Å². The van der Waals surface area contributed by atoms with Crippen molar-refractivity contribution in [2.45, 2.75) is 31.1 Å². The lowest BCUT2D eigenvalue weighted by atomic mass is 9.95. The van der Waals surface area contributed by atoms with Crippen molar-refractivity contribution in [1.29, 1.82) is 0 Å². The zero-order chi connectivity index (χ0) is 21.1. The second-order valence-electron chi connectivity index (χ2n) is 7.26. The van der Waals surface area contributed by atoms with Gasteiger partial charge >= 0.3 is 0 Å². The molecule has 0 spiro atoms. The number of rotatable bonds is 7. The second kappa shape index (κ2) is 8.95. The van der Waals surface area contributed by atoms with Gasteiger partial charge in [-0.3, -0.25) is 9.93 Å². The molecule has 4 rings (SSSR count). The van der Waals surface area contributed by atoms with E-state index in [2.05, 4.69) is 43.1 Å². The third-order valence-electron chi connectivity index (χ3n) is 4.86. The molecule has 0 aliphatic rings. The molecule has 4 aromatic rings. The lowest BCUT2D eigenvalue weighted by molar-refractivity contribution is 0.111. The Morgan fingerprint density at radius 1 is 1.13 bits per heavy atom. The molecule has 0 fully saturated rings. The summed E-state index contributed by atoms with van der Waals surface area (Å²) in [5.41, 5.74) is 5.92. The first-order chi connectivity index (χ1) is 14.6. The monoisotopic (exact) mass is 434 g/mol. The summed E-state index contributed by atoms with van der Waals surface area (Å²) in [7, 11) is 0. The van der Waals surface area contributed by atoms with Crippen molar-refractivity contribution in [3.05, 3.63) is 82.5 Å². The summed E-state index contributed by atoms with van der Waals surface area (Å²) >= 11 is 2.67. The average Bonchev–Trinajstić information content (AvgIpc) is 3.39. The third-order valence-corrected chi connectivity index (χ3v) is 6.24. The fraction of sp³-hybridized carbons (Fsp3) is 0.174. The molecule has 0 atom stereocenters. The predicted molar refractivity (Wildman–Crippen MR) is 123 cm³/mol. The largest absolute Gasteiger partial charge is 0.296 e. The Kier molecular flexibility index (Phi) is 6.13. The van der Waals surface area contributed by atoms with Crippen LogP contribution in [0.5, 0.6) is 0 Å². The Balaban J connectivity index is 1.90. The van der Waals surface area contributed by atoms with E-state index in [1.165, 1.54) is 34.4 Å². The van der Waals surface area contributed by atoms with Gasteiger partial charge in [0.25, 0.3) is 0 Å². The zero-order valence-electron chi connectivity index (χ0n) is 16.8. The van der Waals surface area contributed by atoms with Crippen LogP contribution in [-0.2, 0) is 6.42 Å². The standard InChI is InChI=1S/C23H22N4OS2/c1-15(2)21-20(12-16-8-10-19(30-24)11-9-16)22(17-6-4-3-5-7-17)27(26-21)23-25-18(13-28)14-29-23/h3-11,13-15H,12,24H2,1-2H3. The van der Waals surface area contributed by atoms with E-state index in [4.69, 9.17) is 10.2 Å². The van der Waals surface area contributed by atoms with Gasteiger partial charge in [0.2, 0.25) is 5.13 Å². The molecule has 2 aromatic heterocycles. The minimum Gasteiger partial charge on any atom is -0.296 e. The van der Waals surface area contributed by atoms with Crippen molar-refractivity contribution in [1.82, 2.24) is 14.8 Å². The van der Waals surface area contributed by atoms with E-state index in [9.17, 15) is 4.79 Å². The number of aromatic nitrogens is 3. The van der Waals surface area contributed by atoms with Gasteiger partial charge in [-0.05, 0) is 35.6 Å². The summed E-state index contributed by atoms with van der Waals surface area (Å²) in [6.07, 6.45) is 1.52. The van der Waals surface area contributed by atoms with Crippen LogP contribution in [0.4, 0.5) is 0 Å². The van der Waals surface area contributed by atoms with Gasteiger partial charge in [-0.15, -0.1) is 11.3 Å². The summed E-state index contributed by atoms with van der Waals surface area (Å²) < 4.78 is 1.89. The second-order valence-corrected chi connectivity index (χ2v) is 8.80. The lowest BCUT2D eigenvalue weighted by Gasteiger charge is -2.10. The first kappa shape index (κ1) is 20.5. The minimum absolute atomic E-state index is 0.244. The van der Waals surface area contributed by atoms with Gasteiger partial charge in [0.05, 0.1) is 11.4 Å². The van der Waals surface area contributed by atoms with Crippen molar-refractivity contribution >= 4 is 29.6 Å². The maximum Gasteiger partial charge on any atom is 0.211 e. The number of thiazole rings is 1. The van der Waals surface area contributed by atoms with E-state index in [0.717, 1.165) is 34.6 Å². The van der Waals surface area contributed by atoms with Crippen LogP contribution in [0.1, 0.15) is 47.1 Å². The Morgan fingerprint density at radius 3 is 2.47 bits per heavy atom. The van der Waals surface area contributed by atoms with Crippen molar-refractivity contribution in [2.75, 3.05) is 0 Å². The van der Waals surface area contributed by atoms with Crippen molar-refractivity contribution in [3.8, 4) is 16.4 Å². The fourth-order valence-electron chi connectivity index (χ4n) is 3.45. The maximum atomic E-state index is 11.2. The molecule has 0 aliphatic carbocycles. The number of carbonyl (C=O) groups excluding carboxylic acids is 1. The average molecular weight is 435 g/mol. The quantitative estimate of drug-likeness (QED) is 0.308. The SMILES string of the molecule is CC(C)c1nn(-c2nc(C=O)cs2)c(-c2ccccc2)c1Cc1ccc(SN)cc1. The highest BCUT2D eigenvalue weighted by atomic mass is 32.2. The Labute approximate surface area is 184 Å². The highest BCUT2D eigenvalue weighted by Gasteiger charge is 2.23. The summed E-state index contributed by atoms with van der Waals surface area (Å²) in [6.45, 7) is 4.30. The van der Waals surface area contributed by atoms with Gasteiger partial charge in [-0.1, -0.05) is 56.3 Å². The summed E-state index contributed by atoms with van der Waals surface area (Å²) in [5, 5.41) is 13.1. The van der Waals surface area contributed by atoms with E-state index in [1.807, 2.05) is 35.0 Å². The van der Waals surface area contributed by atoms with Crippen LogP contribution in [0.3, 0.4) is 0 Å². The third kappa shape index (κ3) is 4.09. The van der Waals surface area contributed by atoms with E-state index in [0.29, 0.717) is 10.8 Å². The molecule has 0 saturated heterocycles. The van der Waals surface area contributed by atoms with Crippen molar-refractivity contribution in [3.63, 3.8) is 0 Å². The van der Waals surface area contributed by atoms with Crippen LogP contribution < -0.4 is 5.14 Å². The molecule has 0 bridgehead atoms. The Hall–Kier alpha value is -2.74. The van der Waals surface area contributed by atoms with Gasteiger partial charge < -0.3 is 0 Å². The Bertz CT molecular complexity index is 1150. The topological polar surface area (TPSA) is 73.8 Å². The fourth-order valence-corrected chi connectivity index (χ4v) is 4.47. The van der Waals surface area contributed by atoms with Gasteiger partial charge in [0, 0.05) is 27.8 Å². The number of aldehydes is 1.